The highest BCUT2D eigenvalue weighted by Crippen LogP contribution is 2.15. The zero-order chi connectivity index (χ0) is 30.2. The normalized spacial score (nSPS) is 11.6. The van der Waals surface area contributed by atoms with E-state index >= 15 is 0 Å². The summed E-state index contributed by atoms with van der Waals surface area (Å²) in [7, 11) is 0. The van der Waals surface area contributed by atoms with Gasteiger partial charge in [-0.1, -0.05) is 188 Å². The third kappa shape index (κ3) is 23.6. The van der Waals surface area contributed by atoms with Crippen molar-refractivity contribution in [1.82, 2.24) is 4.57 Å². The molecule has 248 valence electrons. The molecule has 0 atom stereocenters. The molecule has 1 rings (SSSR count). The molecule has 0 N–H and O–H groups in total. The summed E-state index contributed by atoms with van der Waals surface area (Å²) in [5.41, 5.74) is 0. The highest BCUT2D eigenvalue weighted by atomic mass is 15.1. The van der Waals surface area contributed by atoms with Crippen LogP contribution >= 0.6 is 0 Å². The maximum Gasteiger partial charge on any atom is 0.256 e. The number of nitrogens with zero attached hydrogens (tertiary/aromatic N) is 2. The molecule has 0 unspecified atom stereocenters. The lowest BCUT2D eigenvalue weighted by Crippen LogP contribution is -2.37. The Morgan fingerprint density at radius 2 is 0.738 bits per heavy atom. The van der Waals surface area contributed by atoms with Gasteiger partial charge in [0.05, 0.1) is 13.1 Å². The maximum absolute atomic E-state index is 2.63. The quantitative estimate of drug-likeness (QED) is 0.0560. The molecule has 0 amide bonds. The fourth-order valence-electron chi connectivity index (χ4n) is 6.68. The second-order valence-electron chi connectivity index (χ2n) is 13.8. The van der Waals surface area contributed by atoms with Crippen LogP contribution in [0.4, 0.5) is 0 Å². The summed E-state index contributed by atoms with van der Waals surface area (Å²) in [4.78, 5) is 0. The zero-order valence-corrected chi connectivity index (χ0v) is 29.6. The van der Waals surface area contributed by atoms with Gasteiger partial charge in [0.15, 0.2) is 0 Å². The lowest BCUT2D eigenvalue weighted by atomic mass is 10.0. The first-order chi connectivity index (χ1) is 20.8. The van der Waals surface area contributed by atoms with Crippen LogP contribution in [0.2, 0.25) is 0 Å². The van der Waals surface area contributed by atoms with E-state index in [0.29, 0.717) is 0 Å². The van der Waals surface area contributed by atoms with Crippen molar-refractivity contribution in [2.45, 2.75) is 239 Å². The van der Waals surface area contributed by atoms with Crippen molar-refractivity contribution < 1.29 is 4.57 Å². The SMILES string of the molecule is CCCCCCCCCCCCCCCCn1cc[n+](CCCCCCCCC)c1CCCCCCCCCCCC. The average molecular weight is 588 g/mol. The van der Waals surface area contributed by atoms with E-state index in [1.165, 1.54) is 219 Å². The Morgan fingerprint density at radius 3 is 1.14 bits per heavy atom. The zero-order valence-electron chi connectivity index (χ0n) is 29.6. The third-order valence-electron chi connectivity index (χ3n) is 9.60. The Morgan fingerprint density at radius 1 is 0.405 bits per heavy atom. The van der Waals surface area contributed by atoms with E-state index in [9.17, 15) is 0 Å². The topological polar surface area (TPSA) is 8.81 Å². The van der Waals surface area contributed by atoms with Crippen LogP contribution in [-0.2, 0) is 19.5 Å². The number of rotatable bonds is 34. The molecule has 0 radical (unpaired) electrons. The van der Waals surface area contributed by atoms with Crippen molar-refractivity contribution in [3.63, 3.8) is 0 Å². The van der Waals surface area contributed by atoms with Crippen LogP contribution < -0.4 is 4.57 Å². The molecule has 0 aliphatic heterocycles. The highest BCUT2D eigenvalue weighted by Gasteiger charge is 2.16. The summed E-state index contributed by atoms with van der Waals surface area (Å²) in [6.45, 7) is 9.40. The molecule has 0 aliphatic rings. The fraction of sp³-hybridized carbons (Fsp3) is 0.925. The van der Waals surface area contributed by atoms with Crippen molar-refractivity contribution in [3.8, 4) is 0 Å². The second kappa shape index (κ2) is 31.6. The van der Waals surface area contributed by atoms with Crippen LogP contribution in [-0.4, -0.2) is 4.57 Å². The number of imidazole rings is 1. The van der Waals surface area contributed by atoms with E-state index in [-0.39, 0.29) is 0 Å². The Kier molecular flexibility index (Phi) is 29.5. The Hall–Kier alpha value is -0.790. The molecule has 1 aromatic heterocycles. The molecule has 0 saturated carbocycles. The van der Waals surface area contributed by atoms with Gasteiger partial charge in [-0.25, -0.2) is 9.13 Å². The number of aromatic nitrogens is 2. The first-order valence-corrected chi connectivity index (χ1v) is 19.9. The minimum Gasteiger partial charge on any atom is -0.234 e. The van der Waals surface area contributed by atoms with Gasteiger partial charge in [-0.3, -0.25) is 0 Å². The van der Waals surface area contributed by atoms with Crippen LogP contribution in [0.3, 0.4) is 0 Å². The van der Waals surface area contributed by atoms with Gasteiger partial charge in [0.2, 0.25) is 0 Å². The second-order valence-corrected chi connectivity index (χ2v) is 13.8. The van der Waals surface area contributed by atoms with Gasteiger partial charge < -0.3 is 0 Å². The molecule has 0 saturated heterocycles. The summed E-state index contributed by atoms with van der Waals surface area (Å²) < 4.78 is 5.26. The van der Waals surface area contributed by atoms with Gasteiger partial charge >= 0.3 is 0 Å². The molecule has 0 bridgehead atoms. The minimum absolute atomic E-state index is 1.23. The molecule has 2 heteroatoms. The minimum atomic E-state index is 1.23. The molecular formula is C40H79N2+. The van der Waals surface area contributed by atoms with Gasteiger partial charge in [0, 0.05) is 6.42 Å². The Bertz CT molecular complexity index is 648. The van der Waals surface area contributed by atoms with E-state index in [1.807, 2.05) is 0 Å². The van der Waals surface area contributed by atoms with Crippen molar-refractivity contribution in [3.05, 3.63) is 18.2 Å². The lowest BCUT2D eigenvalue weighted by Gasteiger charge is -2.07. The van der Waals surface area contributed by atoms with Gasteiger partial charge in [0.25, 0.3) is 5.82 Å². The molecule has 0 spiro atoms. The lowest BCUT2D eigenvalue weighted by molar-refractivity contribution is -0.704. The van der Waals surface area contributed by atoms with Crippen LogP contribution in [0, 0.1) is 0 Å². The first kappa shape index (κ1) is 39.2. The summed E-state index contributed by atoms with van der Waals surface area (Å²) in [6, 6.07) is 0. The van der Waals surface area contributed by atoms with Crippen molar-refractivity contribution in [1.29, 1.82) is 0 Å². The van der Waals surface area contributed by atoms with Gasteiger partial charge in [-0.2, -0.15) is 0 Å². The first-order valence-electron chi connectivity index (χ1n) is 19.9. The Labute approximate surface area is 266 Å². The average Bonchev–Trinajstić information content (AvgIpc) is 3.38. The molecule has 1 heterocycles. The molecule has 2 nitrogen and oxygen atoms in total. The van der Waals surface area contributed by atoms with Crippen LogP contribution in [0.25, 0.3) is 0 Å². The summed E-state index contributed by atoms with van der Waals surface area (Å²) in [6.07, 6.45) is 50.4. The largest absolute Gasteiger partial charge is 0.256 e. The van der Waals surface area contributed by atoms with Crippen LogP contribution in [0.15, 0.2) is 12.4 Å². The molecule has 1 aromatic rings. The molecule has 0 fully saturated rings. The number of aryl methyl sites for hydroxylation is 2. The monoisotopic (exact) mass is 588 g/mol. The maximum atomic E-state index is 2.63. The summed E-state index contributed by atoms with van der Waals surface area (Å²) in [5.74, 6) is 1.62. The number of unbranched alkanes of at least 4 members (excludes halogenated alkanes) is 28. The van der Waals surface area contributed by atoms with Gasteiger partial charge in [-0.15, -0.1) is 0 Å². The van der Waals surface area contributed by atoms with E-state index in [2.05, 4.69) is 42.3 Å². The summed E-state index contributed by atoms with van der Waals surface area (Å²) >= 11 is 0. The predicted octanol–water partition coefficient (Wildman–Crippen LogP) is 13.5. The molecule has 0 aromatic carbocycles. The van der Waals surface area contributed by atoms with Crippen LogP contribution in [0.5, 0.6) is 0 Å². The Balaban J connectivity index is 2.26. The van der Waals surface area contributed by atoms with E-state index in [4.69, 9.17) is 0 Å². The van der Waals surface area contributed by atoms with E-state index < -0.39 is 0 Å². The number of hydrogen-bond acceptors (Lipinski definition) is 0. The number of hydrogen-bond donors (Lipinski definition) is 0. The van der Waals surface area contributed by atoms with Crippen LogP contribution in [0.1, 0.15) is 226 Å². The predicted molar refractivity (Wildman–Crippen MR) is 188 cm³/mol. The van der Waals surface area contributed by atoms with Gasteiger partial charge in [-0.05, 0) is 32.1 Å². The van der Waals surface area contributed by atoms with Crippen molar-refractivity contribution in [2.24, 2.45) is 0 Å². The van der Waals surface area contributed by atoms with Crippen molar-refractivity contribution in [2.75, 3.05) is 0 Å². The smallest absolute Gasteiger partial charge is 0.234 e. The standard InChI is InChI=1S/C40H79N2/c1-4-7-10-13-16-18-20-21-22-23-25-28-31-34-37-42-39-38-41(36-33-30-27-15-12-9-6-3)40(42)35-32-29-26-24-19-17-14-11-8-5-2/h38-39H,4-37H2,1-3H3/q+1. The third-order valence-corrected chi connectivity index (χ3v) is 9.60. The molecule has 0 aliphatic carbocycles. The molecular weight excluding hydrogens is 508 g/mol. The fourth-order valence-corrected chi connectivity index (χ4v) is 6.68. The van der Waals surface area contributed by atoms with Crippen molar-refractivity contribution >= 4 is 0 Å². The van der Waals surface area contributed by atoms with E-state index in [1.54, 1.807) is 5.82 Å². The highest BCUT2D eigenvalue weighted by molar-refractivity contribution is 4.84. The van der Waals surface area contributed by atoms with Gasteiger partial charge in [0.1, 0.15) is 12.4 Å². The molecule has 42 heavy (non-hydrogen) atoms. The van der Waals surface area contributed by atoms with E-state index in [0.717, 1.165) is 0 Å². The summed E-state index contributed by atoms with van der Waals surface area (Å²) in [5, 5.41) is 0.